The van der Waals surface area contributed by atoms with E-state index >= 15 is 0 Å². The maximum absolute atomic E-state index is 2.42. The Kier molecular flexibility index (Phi) is 15.2. The van der Waals surface area contributed by atoms with Gasteiger partial charge in [0, 0.05) is 5.56 Å². The van der Waals surface area contributed by atoms with Crippen molar-refractivity contribution in [2.45, 2.75) is 84.6 Å². The molecule has 0 bridgehead atoms. The van der Waals surface area contributed by atoms with Gasteiger partial charge < -0.3 is 4.48 Å². The fraction of sp³-hybridized carbons (Fsp3) is 0.571. The van der Waals surface area contributed by atoms with Gasteiger partial charge in [0.25, 0.3) is 0 Å². The number of likely N-dealkylation sites (N-methyl/N-ethyl adjacent to an activating group) is 1. The number of rotatable bonds is 17. The van der Waals surface area contributed by atoms with Crippen molar-refractivity contribution in [3.05, 3.63) is 72.4 Å². The zero-order valence-electron chi connectivity index (χ0n) is 19.5. The van der Waals surface area contributed by atoms with Crippen LogP contribution in [0.15, 0.2) is 66.8 Å². The predicted molar refractivity (Wildman–Crippen MR) is 131 cm³/mol. The first-order valence-corrected chi connectivity index (χ1v) is 12.0. The minimum Gasteiger partial charge on any atom is -0.319 e. The van der Waals surface area contributed by atoms with Gasteiger partial charge in [-0.3, -0.25) is 0 Å². The van der Waals surface area contributed by atoms with Crippen LogP contribution in [0.4, 0.5) is 0 Å². The molecular weight excluding hydrogens is 350 g/mol. The van der Waals surface area contributed by atoms with Gasteiger partial charge in [0.2, 0.25) is 0 Å². The van der Waals surface area contributed by atoms with E-state index in [9.17, 15) is 0 Å². The lowest BCUT2D eigenvalue weighted by Gasteiger charge is -2.34. The van der Waals surface area contributed by atoms with Crippen molar-refractivity contribution < 1.29 is 4.48 Å². The molecule has 0 aromatic heterocycles. The Morgan fingerprint density at radius 2 is 1.31 bits per heavy atom. The Bertz CT molecular complexity index is 569. The lowest BCUT2D eigenvalue weighted by Crippen LogP contribution is -2.44. The molecule has 0 heterocycles. The summed E-state index contributed by atoms with van der Waals surface area (Å²) in [6, 6.07) is 11.0. The summed E-state index contributed by atoms with van der Waals surface area (Å²) < 4.78 is 1.09. The van der Waals surface area contributed by atoms with Crippen molar-refractivity contribution >= 4 is 0 Å². The molecule has 29 heavy (non-hydrogen) atoms. The van der Waals surface area contributed by atoms with Crippen LogP contribution in [0.5, 0.6) is 0 Å². The van der Waals surface area contributed by atoms with E-state index < -0.39 is 0 Å². The molecule has 0 N–H and O–H groups in total. The Balaban J connectivity index is 2.37. The summed E-state index contributed by atoms with van der Waals surface area (Å²) in [5.41, 5.74) is 1.44. The molecule has 1 unspecified atom stereocenters. The second kappa shape index (κ2) is 17.3. The zero-order chi connectivity index (χ0) is 21.0. The maximum Gasteiger partial charge on any atom is 0.104 e. The second-order valence-electron chi connectivity index (χ2n) is 8.69. The van der Waals surface area contributed by atoms with E-state index in [2.05, 4.69) is 80.8 Å². The highest BCUT2D eigenvalue weighted by atomic mass is 15.3. The van der Waals surface area contributed by atoms with Gasteiger partial charge in [-0.2, -0.15) is 0 Å². The molecule has 162 valence electrons. The van der Waals surface area contributed by atoms with E-state index in [4.69, 9.17) is 0 Å². The molecule has 0 radical (unpaired) electrons. The minimum absolute atomic E-state index is 1.09. The van der Waals surface area contributed by atoms with Crippen molar-refractivity contribution in [3.8, 4) is 0 Å². The zero-order valence-corrected chi connectivity index (χ0v) is 19.5. The molecule has 0 saturated carbocycles. The van der Waals surface area contributed by atoms with Crippen LogP contribution >= 0.6 is 0 Å². The van der Waals surface area contributed by atoms with E-state index in [1.165, 1.54) is 76.3 Å². The van der Waals surface area contributed by atoms with E-state index in [0.717, 1.165) is 17.6 Å². The van der Waals surface area contributed by atoms with Crippen molar-refractivity contribution in [1.82, 2.24) is 0 Å². The van der Waals surface area contributed by atoms with Gasteiger partial charge >= 0.3 is 0 Å². The van der Waals surface area contributed by atoms with Crippen LogP contribution in [0.3, 0.4) is 0 Å². The molecule has 0 aliphatic heterocycles. The number of quaternary nitrogens is 1. The summed E-state index contributed by atoms with van der Waals surface area (Å²) >= 11 is 0. The summed E-state index contributed by atoms with van der Waals surface area (Å²) in [7, 11) is 2.42. The third-order valence-electron chi connectivity index (χ3n) is 5.67. The number of nitrogens with zero attached hydrogens (tertiary/aromatic N) is 1. The maximum atomic E-state index is 2.42. The highest BCUT2D eigenvalue weighted by Gasteiger charge is 2.20. The summed E-state index contributed by atoms with van der Waals surface area (Å²) in [6.07, 6.45) is 26.9. The topological polar surface area (TPSA) is 0 Å². The van der Waals surface area contributed by atoms with Crippen molar-refractivity contribution in [2.75, 3.05) is 20.1 Å². The van der Waals surface area contributed by atoms with Gasteiger partial charge in [-0.1, -0.05) is 119 Å². The van der Waals surface area contributed by atoms with Crippen LogP contribution in [-0.4, -0.2) is 24.6 Å². The molecule has 0 aliphatic rings. The lowest BCUT2D eigenvalue weighted by molar-refractivity contribution is -0.917. The molecule has 0 amide bonds. The number of hydrogen-bond donors (Lipinski definition) is 0. The predicted octanol–water partition coefficient (Wildman–Crippen LogP) is 8.24. The van der Waals surface area contributed by atoms with Gasteiger partial charge in [-0.25, -0.2) is 0 Å². The van der Waals surface area contributed by atoms with E-state index in [0.29, 0.717) is 0 Å². The third-order valence-corrected chi connectivity index (χ3v) is 5.67. The number of hydrogen-bond acceptors (Lipinski definition) is 0. The fourth-order valence-corrected chi connectivity index (χ4v) is 3.87. The smallest absolute Gasteiger partial charge is 0.104 e. The van der Waals surface area contributed by atoms with Crippen LogP contribution in [0.2, 0.25) is 0 Å². The lowest BCUT2D eigenvalue weighted by atomic mass is 10.1. The van der Waals surface area contributed by atoms with Crippen molar-refractivity contribution in [3.63, 3.8) is 0 Å². The number of unbranched alkanes of at least 4 members (excludes halogenated alkanes) is 9. The average Bonchev–Trinajstić information content (AvgIpc) is 2.73. The Labute approximate surface area is 181 Å². The van der Waals surface area contributed by atoms with E-state index in [1.807, 2.05) is 6.92 Å². The van der Waals surface area contributed by atoms with Gasteiger partial charge in [0.05, 0.1) is 20.1 Å². The molecule has 1 aromatic rings. The van der Waals surface area contributed by atoms with Crippen LogP contribution < -0.4 is 0 Å². The summed E-state index contributed by atoms with van der Waals surface area (Å²) in [5, 5.41) is 0. The van der Waals surface area contributed by atoms with Crippen molar-refractivity contribution in [2.24, 2.45) is 0 Å². The molecular formula is C28H46N+. The van der Waals surface area contributed by atoms with Crippen LogP contribution in [0.1, 0.15) is 83.6 Å². The molecule has 1 nitrogen and oxygen atoms in total. The Hall–Kier alpha value is -1.60. The normalized spacial score (nSPS) is 14.3. The Morgan fingerprint density at radius 3 is 1.93 bits per heavy atom. The first-order valence-electron chi connectivity index (χ1n) is 12.0. The average molecular weight is 397 g/mol. The van der Waals surface area contributed by atoms with Gasteiger partial charge in [0.1, 0.15) is 6.54 Å². The first-order chi connectivity index (χ1) is 14.2. The summed E-state index contributed by atoms with van der Waals surface area (Å²) in [6.45, 7) is 7.80. The molecule has 0 aliphatic carbocycles. The molecule has 0 spiro atoms. The van der Waals surface area contributed by atoms with Crippen LogP contribution in [-0.2, 0) is 6.54 Å². The van der Waals surface area contributed by atoms with Gasteiger partial charge in [-0.05, 0) is 25.8 Å². The molecule has 0 fully saturated rings. The molecule has 0 saturated heterocycles. The van der Waals surface area contributed by atoms with Gasteiger partial charge in [-0.15, -0.1) is 0 Å². The highest BCUT2D eigenvalue weighted by molar-refractivity contribution is 5.14. The van der Waals surface area contributed by atoms with Crippen molar-refractivity contribution in [1.29, 1.82) is 0 Å². The molecule has 1 heteroatoms. The summed E-state index contributed by atoms with van der Waals surface area (Å²) in [5.74, 6) is 0. The monoisotopic (exact) mass is 396 g/mol. The third kappa shape index (κ3) is 14.1. The first kappa shape index (κ1) is 25.4. The van der Waals surface area contributed by atoms with E-state index in [-0.39, 0.29) is 0 Å². The second-order valence-corrected chi connectivity index (χ2v) is 8.69. The van der Waals surface area contributed by atoms with Crippen LogP contribution in [0.25, 0.3) is 0 Å². The fourth-order valence-electron chi connectivity index (χ4n) is 3.87. The molecule has 1 atom stereocenters. The highest BCUT2D eigenvalue weighted by Crippen LogP contribution is 2.16. The standard InChI is InChI=1S/C28H46N/c1-4-6-8-10-12-13-14-15-17-22-26-29(3,25-21-16-11-9-7-5-2)27-28-23-19-18-20-24-28/h5,7,9,11,16,18-21,23-24H,4,6,8,10,12-15,17,22,25-27H2,1-3H3/q+1/b7-5+,11-9+,21-16+. The largest absolute Gasteiger partial charge is 0.319 e. The van der Waals surface area contributed by atoms with Gasteiger partial charge in [0.15, 0.2) is 0 Å². The Morgan fingerprint density at radius 1 is 0.724 bits per heavy atom. The van der Waals surface area contributed by atoms with Crippen LogP contribution in [0, 0.1) is 0 Å². The quantitative estimate of drug-likeness (QED) is 0.141. The van der Waals surface area contributed by atoms with E-state index in [1.54, 1.807) is 0 Å². The summed E-state index contributed by atoms with van der Waals surface area (Å²) in [4.78, 5) is 0. The minimum atomic E-state index is 1.09. The number of allylic oxidation sites excluding steroid dienone is 5. The number of benzene rings is 1. The SMILES string of the molecule is C/C=C/C=C/C=C/C[N+](C)(CCCCCCCCCCCC)Cc1ccccc1. The molecule has 1 aromatic carbocycles. The molecule has 1 rings (SSSR count).